The number of hydrogen-bond acceptors (Lipinski definition) is 3. The van der Waals surface area contributed by atoms with E-state index in [4.69, 9.17) is 22.4 Å². The molecule has 0 bridgehead atoms. The van der Waals surface area contributed by atoms with Gasteiger partial charge in [-0.15, -0.1) is 0 Å². The zero-order chi connectivity index (χ0) is 12.1. The van der Waals surface area contributed by atoms with Crippen molar-refractivity contribution in [3.05, 3.63) is 23.7 Å². The van der Waals surface area contributed by atoms with Crippen LogP contribution in [0.15, 0.2) is 16.5 Å². The fraction of sp³-hybridized carbons (Fsp3) is 0.455. The lowest BCUT2D eigenvalue weighted by Gasteiger charge is -2.14. The Morgan fingerprint density at radius 3 is 2.75 bits per heavy atom. The number of furan rings is 1. The number of carbonyl (C=O) groups excluding carboxylic acids is 1. The summed E-state index contributed by atoms with van der Waals surface area (Å²) in [5, 5.41) is 0. The fourth-order valence-corrected chi connectivity index (χ4v) is 1.34. The predicted molar refractivity (Wildman–Crippen MR) is 66.4 cm³/mol. The molecule has 0 fully saturated rings. The van der Waals surface area contributed by atoms with Gasteiger partial charge in [0.25, 0.3) is 5.91 Å². The summed E-state index contributed by atoms with van der Waals surface area (Å²) in [4.78, 5) is 13.8. The molecule has 0 spiro atoms. The predicted octanol–water partition coefficient (Wildman–Crippen LogP) is 1.59. The Hall–Kier alpha value is -1.36. The minimum Gasteiger partial charge on any atom is -0.456 e. The quantitative estimate of drug-likeness (QED) is 0.794. The van der Waals surface area contributed by atoms with E-state index < -0.39 is 0 Å². The Balaban J connectivity index is 2.59. The molecule has 2 N–H and O–H groups in total. The second kappa shape index (κ2) is 5.65. The molecule has 16 heavy (non-hydrogen) atoms. The van der Waals surface area contributed by atoms with Gasteiger partial charge in [0.2, 0.25) is 0 Å². The first kappa shape index (κ1) is 12.7. The lowest BCUT2D eigenvalue weighted by molar-refractivity contribution is 0.0766. The van der Waals surface area contributed by atoms with Gasteiger partial charge in [-0.3, -0.25) is 4.79 Å². The van der Waals surface area contributed by atoms with Gasteiger partial charge in [0, 0.05) is 26.4 Å². The molecule has 1 amide bonds. The molecule has 0 aliphatic rings. The van der Waals surface area contributed by atoms with E-state index in [1.807, 2.05) is 13.0 Å². The van der Waals surface area contributed by atoms with Crippen LogP contribution in [0, 0.1) is 0 Å². The molecule has 4 nitrogen and oxygen atoms in total. The largest absolute Gasteiger partial charge is 0.456 e. The maximum Gasteiger partial charge on any atom is 0.289 e. The SMILES string of the molecule is CCc1ccc(C(=O)N(C)CCC(N)=S)o1. The minimum absolute atomic E-state index is 0.143. The molecule has 1 aromatic rings. The molecule has 0 aliphatic heterocycles. The number of amides is 1. The zero-order valence-electron chi connectivity index (χ0n) is 9.53. The van der Waals surface area contributed by atoms with Crippen molar-refractivity contribution in [2.45, 2.75) is 19.8 Å². The fourth-order valence-electron chi connectivity index (χ4n) is 1.25. The van der Waals surface area contributed by atoms with Gasteiger partial charge < -0.3 is 15.1 Å². The van der Waals surface area contributed by atoms with Crippen molar-refractivity contribution in [3.8, 4) is 0 Å². The third-order valence-corrected chi connectivity index (χ3v) is 2.47. The van der Waals surface area contributed by atoms with Crippen LogP contribution < -0.4 is 5.73 Å². The van der Waals surface area contributed by atoms with E-state index >= 15 is 0 Å². The van der Waals surface area contributed by atoms with Crippen LogP contribution in [0.2, 0.25) is 0 Å². The summed E-state index contributed by atoms with van der Waals surface area (Å²) in [7, 11) is 1.70. The molecule has 0 saturated heterocycles. The number of rotatable bonds is 5. The maximum absolute atomic E-state index is 11.8. The van der Waals surface area contributed by atoms with Gasteiger partial charge >= 0.3 is 0 Å². The summed E-state index contributed by atoms with van der Waals surface area (Å²) >= 11 is 4.76. The summed E-state index contributed by atoms with van der Waals surface area (Å²) in [6, 6.07) is 3.51. The van der Waals surface area contributed by atoms with Gasteiger partial charge in [-0.05, 0) is 12.1 Å². The second-order valence-electron chi connectivity index (χ2n) is 3.56. The summed E-state index contributed by atoms with van der Waals surface area (Å²) in [5.41, 5.74) is 5.38. The van der Waals surface area contributed by atoms with Crippen molar-refractivity contribution in [2.75, 3.05) is 13.6 Å². The molecule has 0 radical (unpaired) electrons. The molecular formula is C11H16N2O2S. The monoisotopic (exact) mass is 240 g/mol. The highest BCUT2D eigenvalue weighted by molar-refractivity contribution is 7.80. The van der Waals surface area contributed by atoms with Crippen molar-refractivity contribution in [3.63, 3.8) is 0 Å². The van der Waals surface area contributed by atoms with Crippen LogP contribution in [0.4, 0.5) is 0 Å². The lowest BCUT2D eigenvalue weighted by Crippen LogP contribution is -2.29. The molecule has 1 heterocycles. The van der Waals surface area contributed by atoms with E-state index in [9.17, 15) is 4.79 Å². The van der Waals surface area contributed by atoms with Crippen LogP contribution in [0.1, 0.15) is 29.7 Å². The van der Waals surface area contributed by atoms with Gasteiger partial charge in [-0.1, -0.05) is 19.1 Å². The van der Waals surface area contributed by atoms with Crippen LogP contribution in [-0.2, 0) is 6.42 Å². The summed E-state index contributed by atoms with van der Waals surface area (Å²) in [5.74, 6) is 1.03. The summed E-state index contributed by atoms with van der Waals surface area (Å²) < 4.78 is 5.37. The van der Waals surface area contributed by atoms with E-state index in [-0.39, 0.29) is 5.91 Å². The Kier molecular flexibility index (Phi) is 4.49. The molecule has 88 valence electrons. The highest BCUT2D eigenvalue weighted by Gasteiger charge is 2.15. The number of hydrogen-bond donors (Lipinski definition) is 1. The van der Waals surface area contributed by atoms with E-state index in [1.165, 1.54) is 0 Å². The van der Waals surface area contributed by atoms with Gasteiger partial charge in [-0.25, -0.2) is 0 Å². The van der Waals surface area contributed by atoms with Crippen molar-refractivity contribution in [1.82, 2.24) is 4.90 Å². The molecule has 0 aromatic carbocycles. The number of carbonyl (C=O) groups is 1. The normalized spacial score (nSPS) is 10.1. The highest BCUT2D eigenvalue weighted by Crippen LogP contribution is 2.10. The van der Waals surface area contributed by atoms with Gasteiger partial charge in [0.1, 0.15) is 5.76 Å². The zero-order valence-corrected chi connectivity index (χ0v) is 10.3. The molecular weight excluding hydrogens is 224 g/mol. The molecule has 5 heteroatoms. The Morgan fingerprint density at radius 2 is 2.25 bits per heavy atom. The average Bonchev–Trinajstić information content (AvgIpc) is 2.73. The standard InChI is InChI=1S/C11H16N2O2S/c1-3-8-4-5-9(15-8)11(14)13(2)7-6-10(12)16/h4-5H,3,6-7H2,1-2H3,(H2,12,16). The summed E-state index contributed by atoms with van der Waals surface area (Å²) in [6.45, 7) is 2.49. The first-order valence-corrected chi connectivity index (χ1v) is 5.58. The molecule has 0 aliphatic carbocycles. The number of nitrogens with zero attached hydrogens (tertiary/aromatic N) is 1. The van der Waals surface area contributed by atoms with Crippen LogP contribution in [0.3, 0.4) is 0 Å². The van der Waals surface area contributed by atoms with Crippen molar-refractivity contribution >= 4 is 23.1 Å². The second-order valence-corrected chi connectivity index (χ2v) is 4.09. The van der Waals surface area contributed by atoms with E-state index in [0.717, 1.165) is 12.2 Å². The number of thiocarbonyl (C=S) groups is 1. The van der Waals surface area contributed by atoms with Crippen molar-refractivity contribution in [1.29, 1.82) is 0 Å². The van der Waals surface area contributed by atoms with Crippen LogP contribution in [-0.4, -0.2) is 29.4 Å². The Bertz CT molecular complexity index is 387. The molecule has 0 saturated carbocycles. The third-order valence-electron chi connectivity index (χ3n) is 2.26. The molecule has 1 rings (SSSR count). The molecule has 0 unspecified atom stereocenters. The van der Waals surface area contributed by atoms with Crippen LogP contribution in [0.5, 0.6) is 0 Å². The number of aryl methyl sites for hydroxylation is 1. The van der Waals surface area contributed by atoms with Crippen molar-refractivity contribution < 1.29 is 9.21 Å². The van der Waals surface area contributed by atoms with Crippen LogP contribution >= 0.6 is 12.2 Å². The Labute approximate surface area is 100 Å². The highest BCUT2D eigenvalue weighted by atomic mass is 32.1. The van der Waals surface area contributed by atoms with Crippen molar-refractivity contribution in [2.24, 2.45) is 5.73 Å². The maximum atomic E-state index is 11.8. The van der Waals surface area contributed by atoms with Gasteiger partial charge in [0.05, 0.1) is 4.99 Å². The van der Waals surface area contributed by atoms with E-state index in [0.29, 0.717) is 23.7 Å². The molecule has 0 atom stereocenters. The lowest BCUT2D eigenvalue weighted by atomic mass is 10.3. The third kappa shape index (κ3) is 3.34. The minimum atomic E-state index is -0.143. The smallest absolute Gasteiger partial charge is 0.289 e. The topological polar surface area (TPSA) is 59.5 Å². The van der Waals surface area contributed by atoms with Gasteiger partial charge in [0.15, 0.2) is 5.76 Å². The average molecular weight is 240 g/mol. The van der Waals surface area contributed by atoms with Gasteiger partial charge in [-0.2, -0.15) is 0 Å². The first-order valence-electron chi connectivity index (χ1n) is 5.17. The van der Waals surface area contributed by atoms with Crippen LogP contribution in [0.25, 0.3) is 0 Å². The first-order chi connectivity index (χ1) is 7.54. The Morgan fingerprint density at radius 1 is 1.56 bits per heavy atom. The number of nitrogens with two attached hydrogens (primary N) is 1. The van der Waals surface area contributed by atoms with E-state index in [2.05, 4.69) is 0 Å². The molecule has 1 aromatic heterocycles. The van der Waals surface area contributed by atoms with E-state index in [1.54, 1.807) is 18.0 Å². The summed E-state index contributed by atoms with van der Waals surface area (Å²) in [6.07, 6.45) is 1.31.